The van der Waals surface area contributed by atoms with Crippen molar-refractivity contribution in [2.24, 2.45) is 5.92 Å². The lowest BCUT2D eigenvalue weighted by atomic mass is 10.1. The maximum atomic E-state index is 12.0. The Labute approximate surface area is 135 Å². The van der Waals surface area contributed by atoms with Crippen LogP contribution in [0.4, 0.5) is 0 Å². The quantitative estimate of drug-likeness (QED) is 0.885. The van der Waals surface area contributed by atoms with Crippen molar-refractivity contribution in [3.05, 3.63) is 65.5 Å². The largest absolute Gasteiger partial charge is 0.381 e. The van der Waals surface area contributed by atoms with Crippen LogP contribution in [0.5, 0.6) is 0 Å². The first kappa shape index (κ1) is 15.3. The fourth-order valence-corrected chi connectivity index (χ4v) is 2.34. The van der Waals surface area contributed by atoms with Crippen molar-refractivity contribution < 1.29 is 9.53 Å². The predicted octanol–water partition coefficient (Wildman–Crippen LogP) is 2.25. The van der Waals surface area contributed by atoms with E-state index in [-0.39, 0.29) is 5.91 Å². The molecule has 1 atom stereocenters. The van der Waals surface area contributed by atoms with Gasteiger partial charge in [0.1, 0.15) is 5.69 Å². The van der Waals surface area contributed by atoms with E-state index in [4.69, 9.17) is 4.74 Å². The SMILES string of the molecule is O=C(NCC1CCOC1)c1ccc(C#Cc2ccccc2)cn1. The minimum Gasteiger partial charge on any atom is -0.381 e. The van der Waals surface area contributed by atoms with Crippen LogP contribution in [0, 0.1) is 17.8 Å². The van der Waals surface area contributed by atoms with Gasteiger partial charge in [-0.2, -0.15) is 0 Å². The molecule has 116 valence electrons. The lowest BCUT2D eigenvalue weighted by Gasteiger charge is -2.08. The molecule has 1 unspecified atom stereocenters. The summed E-state index contributed by atoms with van der Waals surface area (Å²) in [6.45, 7) is 2.14. The number of amides is 1. The van der Waals surface area contributed by atoms with Crippen LogP contribution < -0.4 is 5.32 Å². The van der Waals surface area contributed by atoms with Crippen LogP contribution in [-0.4, -0.2) is 30.6 Å². The predicted molar refractivity (Wildman–Crippen MR) is 87.9 cm³/mol. The lowest BCUT2D eigenvalue weighted by molar-refractivity contribution is 0.0940. The number of aromatic nitrogens is 1. The molecule has 4 nitrogen and oxygen atoms in total. The van der Waals surface area contributed by atoms with Crippen molar-refractivity contribution >= 4 is 5.91 Å². The zero-order valence-electron chi connectivity index (χ0n) is 12.8. The third-order valence-electron chi connectivity index (χ3n) is 3.70. The molecule has 23 heavy (non-hydrogen) atoms. The van der Waals surface area contributed by atoms with Crippen molar-refractivity contribution in [1.82, 2.24) is 10.3 Å². The number of nitrogens with zero attached hydrogens (tertiary/aromatic N) is 1. The van der Waals surface area contributed by atoms with E-state index in [0.717, 1.165) is 30.8 Å². The maximum absolute atomic E-state index is 12.0. The fraction of sp³-hybridized carbons (Fsp3) is 0.263. The summed E-state index contributed by atoms with van der Waals surface area (Å²) in [4.78, 5) is 16.2. The topological polar surface area (TPSA) is 51.2 Å². The Bertz CT molecular complexity index is 709. The van der Waals surface area contributed by atoms with Gasteiger partial charge in [0.25, 0.3) is 5.91 Å². The van der Waals surface area contributed by atoms with Crippen LogP contribution in [0.2, 0.25) is 0 Å². The summed E-state index contributed by atoms with van der Waals surface area (Å²) < 4.78 is 5.29. The van der Waals surface area contributed by atoms with Crippen LogP contribution >= 0.6 is 0 Å². The van der Waals surface area contributed by atoms with Gasteiger partial charge >= 0.3 is 0 Å². The van der Waals surface area contributed by atoms with Crippen LogP contribution in [-0.2, 0) is 4.74 Å². The molecule has 0 spiro atoms. The second-order valence-electron chi connectivity index (χ2n) is 5.49. The molecule has 1 aromatic carbocycles. The molecule has 0 aliphatic carbocycles. The van der Waals surface area contributed by atoms with Crippen molar-refractivity contribution in [2.75, 3.05) is 19.8 Å². The second-order valence-corrected chi connectivity index (χ2v) is 5.49. The van der Waals surface area contributed by atoms with Gasteiger partial charge in [-0.15, -0.1) is 0 Å². The van der Waals surface area contributed by atoms with Crippen molar-refractivity contribution in [3.8, 4) is 11.8 Å². The molecule has 1 amide bonds. The smallest absolute Gasteiger partial charge is 0.269 e. The van der Waals surface area contributed by atoms with Crippen LogP contribution in [0.25, 0.3) is 0 Å². The van der Waals surface area contributed by atoms with E-state index < -0.39 is 0 Å². The molecule has 2 heterocycles. The summed E-state index contributed by atoms with van der Waals surface area (Å²) in [7, 11) is 0. The van der Waals surface area contributed by atoms with Crippen molar-refractivity contribution in [3.63, 3.8) is 0 Å². The van der Waals surface area contributed by atoms with E-state index >= 15 is 0 Å². The Hall–Kier alpha value is -2.64. The van der Waals surface area contributed by atoms with Gasteiger partial charge in [0.05, 0.1) is 6.61 Å². The van der Waals surface area contributed by atoms with Gasteiger partial charge in [-0.25, -0.2) is 4.98 Å². The number of carbonyl (C=O) groups is 1. The van der Waals surface area contributed by atoms with E-state index in [0.29, 0.717) is 18.2 Å². The van der Waals surface area contributed by atoms with Gasteiger partial charge in [-0.05, 0) is 30.7 Å². The molecule has 1 fully saturated rings. The van der Waals surface area contributed by atoms with E-state index in [9.17, 15) is 4.79 Å². The van der Waals surface area contributed by atoms with Crippen molar-refractivity contribution in [2.45, 2.75) is 6.42 Å². The summed E-state index contributed by atoms with van der Waals surface area (Å²) in [5.74, 6) is 6.37. The average molecular weight is 306 g/mol. The fourth-order valence-electron chi connectivity index (χ4n) is 2.34. The molecule has 1 aliphatic rings. The number of rotatable bonds is 3. The highest BCUT2D eigenvalue weighted by atomic mass is 16.5. The number of ether oxygens (including phenoxy) is 1. The van der Waals surface area contributed by atoms with E-state index in [1.807, 2.05) is 36.4 Å². The minimum atomic E-state index is -0.153. The molecule has 1 aliphatic heterocycles. The molecule has 1 aromatic heterocycles. The van der Waals surface area contributed by atoms with Gasteiger partial charge < -0.3 is 10.1 Å². The Kier molecular flexibility index (Phi) is 5.02. The van der Waals surface area contributed by atoms with Gasteiger partial charge in [0, 0.05) is 36.4 Å². The first-order valence-electron chi connectivity index (χ1n) is 7.70. The number of hydrogen-bond acceptors (Lipinski definition) is 3. The Balaban J connectivity index is 1.58. The summed E-state index contributed by atoms with van der Waals surface area (Å²) in [6.07, 6.45) is 2.63. The van der Waals surface area contributed by atoms with Crippen LogP contribution in [0.1, 0.15) is 28.0 Å². The third kappa shape index (κ3) is 4.41. The van der Waals surface area contributed by atoms with E-state index in [1.54, 1.807) is 12.3 Å². The van der Waals surface area contributed by atoms with Gasteiger partial charge in [-0.1, -0.05) is 30.0 Å². The number of carbonyl (C=O) groups excluding carboxylic acids is 1. The molecule has 4 heteroatoms. The highest BCUT2D eigenvalue weighted by Gasteiger charge is 2.17. The van der Waals surface area contributed by atoms with Crippen LogP contribution in [0.15, 0.2) is 48.7 Å². The molecule has 1 N–H and O–H groups in total. The monoisotopic (exact) mass is 306 g/mol. The first-order chi connectivity index (χ1) is 11.3. The van der Waals surface area contributed by atoms with E-state index in [1.165, 1.54) is 0 Å². The molecule has 0 radical (unpaired) electrons. The van der Waals surface area contributed by atoms with Gasteiger partial charge in [0.2, 0.25) is 0 Å². The summed E-state index contributed by atoms with van der Waals surface area (Å²) in [6, 6.07) is 13.3. The summed E-state index contributed by atoms with van der Waals surface area (Å²) >= 11 is 0. The van der Waals surface area contributed by atoms with Crippen molar-refractivity contribution in [1.29, 1.82) is 0 Å². The zero-order valence-corrected chi connectivity index (χ0v) is 12.8. The molecular weight excluding hydrogens is 288 g/mol. The standard InChI is InChI=1S/C19H18N2O2/c22-19(21-13-17-10-11-23-14-17)18-9-8-16(12-20-18)7-6-15-4-2-1-3-5-15/h1-5,8-9,12,17H,10-11,13-14H2,(H,21,22). The molecule has 2 aromatic rings. The first-order valence-corrected chi connectivity index (χ1v) is 7.70. The molecule has 0 bridgehead atoms. The number of pyridine rings is 1. The maximum Gasteiger partial charge on any atom is 0.269 e. The second kappa shape index (κ2) is 7.57. The molecule has 0 saturated carbocycles. The van der Waals surface area contributed by atoms with Gasteiger partial charge in [0.15, 0.2) is 0 Å². The lowest BCUT2D eigenvalue weighted by Crippen LogP contribution is -2.30. The number of nitrogens with one attached hydrogen (secondary N) is 1. The summed E-state index contributed by atoms with van der Waals surface area (Å²) in [5, 5.41) is 2.90. The highest BCUT2D eigenvalue weighted by Crippen LogP contribution is 2.10. The Morgan fingerprint density at radius 2 is 2.00 bits per heavy atom. The highest BCUT2D eigenvalue weighted by molar-refractivity contribution is 5.92. The average Bonchev–Trinajstić information content (AvgIpc) is 3.13. The normalized spacial score (nSPS) is 16.4. The molecule has 3 rings (SSSR count). The number of hydrogen-bond donors (Lipinski definition) is 1. The summed E-state index contributed by atoms with van der Waals surface area (Å²) in [5.41, 5.74) is 2.15. The number of benzene rings is 1. The Morgan fingerprint density at radius 3 is 2.70 bits per heavy atom. The van der Waals surface area contributed by atoms with E-state index in [2.05, 4.69) is 22.1 Å². The van der Waals surface area contributed by atoms with Gasteiger partial charge in [-0.3, -0.25) is 4.79 Å². The molecule has 1 saturated heterocycles. The Morgan fingerprint density at radius 1 is 1.17 bits per heavy atom. The molecular formula is C19H18N2O2. The van der Waals surface area contributed by atoms with Crippen LogP contribution in [0.3, 0.4) is 0 Å². The third-order valence-corrected chi connectivity index (χ3v) is 3.70. The zero-order chi connectivity index (χ0) is 15.9. The minimum absolute atomic E-state index is 0.153.